The van der Waals surface area contributed by atoms with Crippen LogP contribution in [0.5, 0.6) is 0 Å². The molecule has 0 aromatic carbocycles. The van der Waals surface area contributed by atoms with E-state index in [1.54, 1.807) is 24.0 Å². The molecule has 0 aliphatic heterocycles. The molecule has 0 saturated heterocycles. The molecule has 0 radical (unpaired) electrons. The first kappa shape index (κ1) is 10.8. The molecule has 0 aliphatic carbocycles. The molecule has 11 heavy (non-hydrogen) atoms. The van der Waals surface area contributed by atoms with E-state index < -0.39 is 0 Å². The van der Waals surface area contributed by atoms with Crippen LogP contribution >= 0.6 is 11.8 Å². The zero-order chi connectivity index (χ0) is 7.40. The zero-order valence-electron chi connectivity index (χ0n) is 6.82. The van der Waals surface area contributed by atoms with Crippen molar-refractivity contribution >= 4 is 11.8 Å². The summed E-state index contributed by atoms with van der Waals surface area (Å²) < 4.78 is 1.96. The predicted molar refractivity (Wildman–Crippen MR) is 43.6 cm³/mol. The van der Waals surface area contributed by atoms with E-state index in [2.05, 4.69) is 11.6 Å². The van der Waals surface area contributed by atoms with Gasteiger partial charge in [0.1, 0.15) is 0 Å². The van der Waals surface area contributed by atoms with Crippen molar-refractivity contribution in [2.75, 3.05) is 0 Å². The monoisotopic (exact) mass is 160 g/mol. The van der Waals surface area contributed by atoms with Crippen LogP contribution in [0.15, 0.2) is 30.2 Å². The van der Waals surface area contributed by atoms with E-state index in [1.807, 2.05) is 23.6 Å². The van der Waals surface area contributed by atoms with Crippen LogP contribution < -0.4 is 18.9 Å². The summed E-state index contributed by atoms with van der Waals surface area (Å²) in [6.45, 7) is 3.58. The zero-order valence-corrected chi connectivity index (χ0v) is 7.64. The molecule has 0 aliphatic rings. The Balaban J connectivity index is 0.000001000. The van der Waals surface area contributed by atoms with E-state index in [4.69, 9.17) is 0 Å². The van der Waals surface area contributed by atoms with Crippen molar-refractivity contribution in [1.29, 1.82) is 0 Å². The number of imidazole rings is 1. The third-order valence-corrected chi connectivity index (χ3v) is 1.98. The third kappa shape index (κ3) is 3.11. The van der Waals surface area contributed by atoms with E-state index >= 15 is 0 Å². The largest absolute Gasteiger partial charge is 1.00 e. The Labute approximate surface area is 83.3 Å². The SMILES string of the molecule is C=C[CH-]Sc1nccn1C.[Li+]. The molecule has 0 unspecified atom stereocenters. The molecule has 0 saturated carbocycles. The summed E-state index contributed by atoms with van der Waals surface area (Å²) in [6, 6.07) is 0. The van der Waals surface area contributed by atoms with Gasteiger partial charge in [-0.3, -0.25) is 0 Å². The van der Waals surface area contributed by atoms with Gasteiger partial charge in [-0.25, -0.2) is 17.6 Å². The molecule has 0 amide bonds. The molecular weight excluding hydrogens is 151 g/mol. The van der Waals surface area contributed by atoms with Gasteiger partial charge in [-0.05, 0) is 0 Å². The fraction of sp³-hybridized carbons (Fsp3) is 0.143. The number of aryl methyl sites for hydroxylation is 1. The first-order valence-electron chi connectivity index (χ1n) is 2.93. The first-order valence-corrected chi connectivity index (χ1v) is 3.81. The average Bonchev–Trinajstić information content (AvgIpc) is 2.31. The fourth-order valence-electron chi connectivity index (χ4n) is 0.574. The molecule has 0 bridgehead atoms. The van der Waals surface area contributed by atoms with Gasteiger partial charge >= 0.3 is 18.9 Å². The van der Waals surface area contributed by atoms with E-state index in [9.17, 15) is 0 Å². The number of aromatic nitrogens is 2. The molecule has 1 aromatic rings. The van der Waals surface area contributed by atoms with Crippen LogP contribution in [-0.2, 0) is 7.05 Å². The van der Waals surface area contributed by atoms with Crippen LogP contribution in [0.4, 0.5) is 0 Å². The molecule has 54 valence electrons. The minimum absolute atomic E-state index is 0. The fourth-order valence-corrected chi connectivity index (χ4v) is 1.14. The maximum atomic E-state index is 4.10. The van der Waals surface area contributed by atoms with Gasteiger partial charge in [-0.15, -0.1) is 0 Å². The molecule has 2 nitrogen and oxygen atoms in total. The first-order chi connectivity index (χ1) is 4.84. The topological polar surface area (TPSA) is 17.8 Å². The van der Waals surface area contributed by atoms with Crippen molar-refractivity contribution in [3.63, 3.8) is 0 Å². The summed E-state index contributed by atoms with van der Waals surface area (Å²) in [5.74, 6) is 1.91. The summed E-state index contributed by atoms with van der Waals surface area (Å²) in [7, 11) is 1.96. The molecule has 1 heterocycles. The van der Waals surface area contributed by atoms with Crippen molar-refractivity contribution in [3.8, 4) is 0 Å². The summed E-state index contributed by atoms with van der Waals surface area (Å²) >= 11 is 1.56. The van der Waals surface area contributed by atoms with Crippen molar-refractivity contribution in [1.82, 2.24) is 9.55 Å². The van der Waals surface area contributed by atoms with Gasteiger partial charge < -0.3 is 4.57 Å². The smallest absolute Gasteiger partial charge is 0.330 e. The summed E-state index contributed by atoms with van der Waals surface area (Å²) in [5, 5.41) is 0.986. The molecule has 0 fully saturated rings. The Morgan fingerprint density at radius 3 is 3.00 bits per heavy atom. The Morgan fingerprint density at radius 2 is 2.55 bits per heavy atom. The van der Waals surface area contributed by atoms with Gasteiger partial charge in [-0.2, -0.15) is 17.5 Å². The van der Waals surface area contributed by atoms with Crippen LogP contribution in [0, 0.1) is 5.75 Å². The van der Waals surface area contributed by atoms with Crippen LogP contribution in [0.3, 0.4) is 0 Å². The maximum Gasteiger partial charge on any atom is 1.00 e. The molecular formula is C7H9LiN2S. The minimum Gasteiger partial charge on any atom is -0.330 e. The van der Waals surface area contributed by atoms with Gasteiger partial charge in [-0.1, -0.05) is 0 Å². The second-order valence-corrected chi connectivity index (χ2v) is 2.68. The van der Waals surface area contributed by atoms with E-state index in [0.717, 1.165) is 5.16 Å². The van der Waals surface area contributed by atoms with Crippen LogP contribution in [0.1, 0.15) is 0 Å². The number of nitrogens with zero attached hydrogens (tertiary/aromatic N) is 2. The Hall–Kier alpha value is -0.233. The Kier molecular flexibility index (Phi) is 5.31. The minimum atomic E-state index is 0. The number of thioether (sulfide) groups is 1. The third-order valence-electron chi connectivity index (χ3n) is 1.05. The molecule has 0 N–H and O–H groups in total. The van der Waals surface area contributed by atoms with E-state index in [-0.39, 0.29) is 18.9 Å². The van der Waals surface area contributed by atoms with Gasteiger partial charge in [0.2, 0.25) is 0 Å². The van der Waals surface area contributed by atoms with Crippen LogP contribution in [-0.4, -0.2) is 9.55 Å². The van der Waals surface area contributed by atoms with Gasteiger partial charge in [0.25, 0.3) is 0 Å². The predicted octanol–water partition coefficient (Wildman–Crippen LogP) is -1.14. The number of rotatable bonds is 3. The maximum absolute atomic E-state index is 4.10. The molecule has 1 aromatic heterocycles. The van der Waals surface area contributed by atoms with Crippen LogP contribution in [0.25, 0.3) is 0 Å². The molecule has 0 spiro atoms. The standard InChI is InChI=1S/C7H9N2S.Li/c1-3-6-10-7-8-4-5-9(7)2;/h3-6H,1H2,2H3;/q-1;+1. The Bertz CT molecular complexity index is 222. The second-order valence-electron chi connectivity index (χ2n) is 1.81. The van der Waals surface area contributed by atoms with Crippen molar-refractivity contribution in [2.24, 2.45) is 7.05 Å². The van der Waals surface area contributed by atoms with Gasteiger partial charge in [0.05, 0.1) is 0 Å². The van der Waals surface area contributed by atoms with E-state index in [0.29, 0.717) is 0 Å². The van der Waals surface area contributed by atoms with Crippen molar-refractivity contribution < 1.29 is 18.9 Å². The summed E-state index contributed by atoms with van der Waals surface area (Å²) in [6.07, 6.45) is 5.44. The quantitative estimate of drug-likeness (QED) is 0.316. The second kappa shape index (κ2) is 5.42. The summed E-state index contributed by atoms with van der Waals surface area (Å²) in [5.41, 5.74) is 0. The normalized spacial score (nSPS) is 8.45. The van der Waals surface area contributed by atoms with E-state index in [1.165, 1.54) is 0 Å². The molecule has 1 rings (SSSR count). The van der Waals surface area contributed by atoms with Gasteiger partial charge in [0, 0.05) is 19.4 Å². The summed E-state index contributed by atoms with van der Waals surface area (Å²) in [4.78, 5) is 4.10. The van der Waals surface area contributed by atoms with Crippen molar-refractivity contribution in [2.45, 2.75) is 5.16 Å². The molecule has 4 heteroatoms. The van der Waals surface area contributed by atoms with Crippen LogP contribution in [0.2, 0.25) is 0 Å². The van der Waals surface area contributed by atoms with Gasteiger partial charge in [0.15, 0.2) is 5.16 Å². The average molecular weight is 160 g/mol. The number of hydrogen-bond acceptors (Lipinski definition) is 2. The van der Waals surface area contributed by atoms with Crippen molar-refractivity contribution in [3.05, 3.63) is 30.8 Å². The Morgan fingerprint density at radius 1 is 1.82 bits per heavy atom. The number of hydrogen-bond donors (Lipinski definition) is 0. The molecule has 0 atom stereocenters.